The van der Waals surface area contributed by atoms with Gasteiger partial charge in [0.15, 0.2) is 0 Å². The summed E-state index contributed by atoms with van der Waals surface area (Å²) in [7, 11) is 0. The standard InChI is InChI=1S/C29H23N5O/c1-29(2,17-30)21-8-10-22(11-9-21)34-27-23-14-18(7-12-26(23)33-16-24(27)28(31)35)20-13-19-5-3-4-6-25(19)32-15-20/h3-16H,1-2H3,(H2,31,35)(H,33,34). The molecule has 0 aliphatic rings. The Morgan fingerprint density at radius 3 is 2.40 bits per heavy atom. The Balaban J connectivity index is 1.61. The van der Waals surface area contributed by atoms with Crippen molar-refractivity contribution in [3.63, 3.8) is 0 Å². The second-order valence-corrected chi connectivity index (χ2v) is 9.00. The number of carbonyl (C=O) groups is 1. The maximum Gasteiger partial charge on any atom is 0.252 e. The van der Waals surface area contributed by atoms with E-state index in [-0.39, 0.29) is 0 Å². The molecular formula is C29H23N5O. The number of para-hydroxylation sites is 1. The van der Waals surface area contributed by atoms with Gasteiger partial charge in [-0.25, -0.2) is 0 Å². The highest BCUT2D eigenvalue weighted by molar-refractivity contribution is 6.08. The molecule has 0 spiro atoms. The molecule has 2 aromatic heterocycles. The van der Waals surface area contributed by atoms with Crippen LogP contribution in [-0.4, -0.2) is 15.9 Å². The lowest BCUT2D eigenvalue weighted by molar-refractivity contribution is 0.100. The first-order valence-electron chi connectivity index (χ1n) is 11.2. The number of aromatic nitrogens is 2. The van der Waals surface area contributed by atoms with E-state index in [2.05, 4.69) is 27.4 Å². The van der Waals surface area contributed by atoms with Crippen LogP contribution < -0.4 is 11.1 Å². The fraction of sp³-hybridized carbons (Fsp3) is 0.103. The molecule has 3 N–H and O–H groups in total. The Labute approximate surface area is 203 Å². The van der Waals surface area contributed by atoms with Crippen molar-refractivity contribution in [1.29, 1.82) is 5.26 Å². The highest BCUT2D eigenvalue weighted by Crippen LogP contribution is 2.33. The van der Waals surface area contributed by atoms with E-state index in [1.54, 1.807) is 0 Å². The number of nitriles is 1. The average Bonchev–Trinajstić information content (AvgIpc) is 2.88. The summed E-state index contributed by atoms with van der Waals surface area (Å²) in [6.07, 6.45) is 3.34. The molecule has 5 aromatic rings. The predicted octanol–water partition coefficient (Wildman–Crippen LogP) is 6.09. The van der Waals surface area contributed by atoms with Crippen LogP contribution in [0.25, 0.3) is 32.9 Å². The minimum absolute atomic E-state index is 0.299. The minimum atomic E-state index is -0.594. The molecule has 0 saturated heterocycles. The molecule has 6 heteroatoms. The van der Waals surface area contributed by atoms with Crippen LogP contribution >= 0.6 is 0 Å². The summed E-state index contributed by atoms with van der Waals surface area (Å²) < 4.78 is 0. The number of carbonyl (C=O) groups excluding carboxylic acids is 1. The number of fused-ring (bicyclic) bond motifs is 2. The molecule has 5 rings (SSSR count). The molecule has 0 radical (unpaired) electrons. The zero-order valence-electron chi connectivity index (χ0n) is 19.4. The Morgan fingerprint density at radius 2 is 1.66 bits per heavy atom. The van der Waals surface area contributed by atoms with Gasteiger partial charge in [0.1, 0.15) is 0 Å². The van der Waals surface area contributed by atoms with Gasteiger partial charge in [0.25, 0.3) is 5.91 Å². The number of nitrogens with one attached hydrogen (secondary N) is 1. The summed E-state index contributed by atoms with van der Waals surface area (Å²) in [4.78, 5) is 21.3. The molecule has 1 amide bonds. The van der Waals surface area contributed by atoms with Crippen molar-refractivity contribution in [2.45, 2.75) is 19.3 Å². The van der Waals surface area contributed by atoms with E-state index in [1.165, 1.54) is 6.20 Å². The number of anilines is 2. The monoisotopic (exact) mass is 457 g/mol. The SMILES string of the molecule is CC(C)(C#N)c1ccc(Nc2c(C(N)=O)cnc3ccc(-c4cnc5ccccc5c4)cc23)cc1. The summed E-state index contributed by atoms with van der Waals surface area (Å²) in [5.74, 6) is -0.568. The van der Waals surface area contributed by atoms with Crippen molar-refractivity contribution in [3.8, 4) is 17.2 Å². The molecule has 0 aliphatic heterocycles. The van der Waals surface area contributed by atoms with E-state index in [9.17, 15) is 10.1 Å². The van der Waals surface area contributed by atoms with Gasteiger partial charge in [-0.3, -0.25) is 14.8 Å². The first-order valence-corrected chi connectivity index (χ1v) is 11.2. The second-order valence-electron chi connectivity index (χ2n) is 9.00. The van der Waals surface area contributed by atoms with Crippen LogP contribution in [0.15, 0.2) is 85.2 Å². The van der Waals surface area contributed by atoms with Gasteiger partial charge in [0, 0.05) is 34.4 Å². The largest absolute Gasteiger partial charge is 0.365 e. The van der Waals surface area contributed by atoms with Crippen molar-refractivity contribution >= 4 is 39.1 Å². The second kappa shape index (κ2) is 8.54. The van der Waals surface area contributed by atoms with Crippen LogP contribution in [0.3, 0.4) is 0 Å². The third kappa shape index (κ3) is 4.16. The summed E-state index contributed by atoms with van der Waals surface area (Å²) >= 11 is 0. The summed E-state index contributed by atoms with van der Waals surface area (Å²) in [5.41, 5.74) is 11.3. The molecular weight excluding hydrogens is 434 g/mol. The Bertz CT molecular complexity index is 1630. The van der Waals surface area contributed by atoms with E-state index < -0.39 is 11.3 Å². The number of primary amides is 1. The zero-order valence-corrected chi connectivity index (χ0v) is 19.4. The van der Waals surface area contributed by atoms with E-state index in [0.717, 1.165) is 44.2 Å². The van der Waals surface area contributed by atoms with Crippen molar-refractivity contribution in [1.82, 2.24) is 9.97 Å². The molecule has 0 aliphatic carbocycles. The third-order valence-corrected chi connectivity index (χ3v) is 6.21. The lowest BCUT2D eigenvalue weighted by Gasteiger charge is -2.17. The van der Waals surface area contributed by atoms with Gasteiger partial charge in [-0.2, -0.15) is 5.26 Å². The van der Waals surface area contributed by atoms with Gasteiger partial charge < -0.3 is 11.1 Å². The van der Waals surface area contributed by atoms with Gasteiger partial charge in [0.05, 0.1) is 33.8 Å². The molecule has 35 heavy (non-hydrogen) atoms. The minimum Gasteiger partial charge on any atom is -0.365 e. The molecule has 0 atom stereocenters. The molecule has 6 nitrogen and oxygen atoms in total. The van der Waals surface area contributed by atoms with Crippen molar-refractivity contribution < 1.29 is 4.79 Å². The highest BCUT2D eigenvalue weighted by atomic mass is 16.1. The van der Waals surface area contributed by atoms with Crippen molar-refractivity contribution in [2.24, 2.45) is 5.73 Å². The van der Waals surface area contributed by atoms with E-state index in [0.29, 0.717) is 11.3 Å². The molecule has 170 valence electrons. The van der Waals surface area contributed by atoms with Crippen LogP contribution in [0, 0.1) is 11.3 Å². The topological polar surface area (TPSA) is 105 Å². The van der Waals surface area contributed by atoms with Crippen LogP contribution in [0.2, 0.25) is 0 Å². The maximum atomic E-state index is 12.3. The molecule has 0 bridgehead atoms. The van der Waals surface area contributed by atoms with Gasteiger partial charge >= 0.3 is 0 Å². The number of benzene rings is 3. The number of hydrogen-bond donors (Lipinski definition) is 2. The van der Waals surface area contributed by atoms with Gasteiger partial charge in [-0.1, -0.05) is 36.4 Å². The maximum absolute atomic E-state index is 12.3. The molecule has 2 heterocycles. The summed E-state index contributed by atoms with van der Waals surface area (Å²) in [6.45, 7) is 3.75. The third-order valence-electron chi connectivity index (χ3n) is 6.21. The fourth-order valence-electron chi connectivity index (χ4n) is 4.10. The van der Waals surface area contributed by atoms with Gasteiger partial charge in [0.2, 0.25) is 0 Å². The Morgan fingerprint density at radius 1 is 0.914 bits per heavy atom. The number of hydrogen-bond acceptors (Lipinski definition) is 5. The normalized spacial score (nSPS) is 11.3. The number of amides is 1. The van der Waals surface area contributed by atoms with Crippen molar-refractivity contribution in [2.75, 3.05) is 5.32 Å². The number of rotatable bonds is 5. The van der Waals surface area contributed by atoms with Crippen LogP contribution in [-0.2, 0) is 5.41 Å². The first-order chi connectivity index (χ1) is 16.9. The number of nitrogens with zero attached hydrogens (tertiary/aromatic N) is 3. The quantitative estimate of drug-likeness (QED) is 0.332. The van der Waals surface area contributed by atoms with E-state index in [4.69, 9.17) is 5.73 Å². The number of pyridine rings is 2. The van der Waals surface area contributed by atoms with E-state index >= 15 is 0 Å². The highest BCUT2D eigenvalue weighted by Gasteiger charge is 2.20. The van der Waals surface area contributed by atoms with Gasteiger partial charge in [-0.15, -0.1) is 0 Å². The van der Waals surface area contributed by atoms with E-state index in [1.807, 2.05) is 86.8 Å². The average molecular weight is 458 g/mol. The lowest BCUT2D eigenvalue weighted by atomic mass is 9.86. The summed E-state index contributed by atoms with van der Waals surface area (Å²) in [5, 5.41) is 14.6. The fourth-order valence-corrected chi connectivity index (χ4v) is 4.10. The molecule has 0 saturated carbocycles. The first kappa shape index (κ1) is 22.1. The smallest absolute Gasteiger partial charge is 0.252 e. The van der Waals surface area contributed by atoms with Crippen LogP contribution in [0.5, 0.6) is 0 Å². The van der Waals surface area contributed by atoms with Crippen LogP contribution in [0.1, 0.15) is 29.8 Å². The number of nitrogens with two attached hydrogens (primary N) is 1. The van der Waals surface area contributed by atoms with Crippen LogP contribution in [0.4, 0.5) is 11.4 Å². The Kier molecular flexibility index (Phi) is 5.38. The molecule has 0 unspecified atom stereocenters. The predicted molar refractivity (Wildman–Crippen MR) is 139 cm³/mol. The Hall–Kier alpha value is -4.76. The van der Waals surface area contributed by atoms with Crippen molar-refractivity contribution in [3.05, 3.63) is 96.3 Å². The molecule has 3 aromatic carbocycles. The molecule has 0 fully saturated rings. The lowest BCUT2D eigenvalue weighted by Crippen LogP contribution is -2.15. The van der Waals surface area contributed by atoms with Gasteiger partial charge in [-0.05, 0) is 61.4 Å². The zero-order chi connectivity index (χ0) is 24.6. The summed E-state index contributed by atoms with van der Waals surface area (Å²) in [6, 6.07) is 25.9.